The van der Waals surface area contributed by atoms with Gasteiger partial charge in [-0.05, 0) is 6.07 Å². The van der Waals surface area contributed by atoms with E-state index in [0.717, 1.165) is 24.6 Å². The second-order valence-electron chi connectivity index (χ2n) is 2.46. The fourth-order valence-corrected chi connectivity index (χ4v) is 1.08. The number of aliphatic imine (C=N–C) groups is 1. The van der Waals surface area contributed by atoms with E-state index in [9.17, 15) is 0 Å². The number of nitrogens with two attached hydrogens (primary N) is 1. The molecule has 1 aliphatic heterocycles. The van der Waals surface area contributed by atoms with E-state index in [0.29, 0.717) is 0 Å². The van der Waals surface area contributed by atoms with Gasteiger partial charge in [-0.1, -0.05) is 0 Å². The van der Waals surface area contributed by atoms with Gasteiger partial charge in [-0.3, -0.25) is 4.99 Å². The summed E-state index contributed by atoms with van der Waals surface area (Å²) in [6.45, 7) is 1.68. The first kappa shape index (κ1) is 7.02. The van der Waals surface area contributed by atoms with Crippen LogP contribution in [0.1, 0.15) is 5.69 Å². The minimum atomic E-state index is 0.281. The summed E-state index contributed by atoms with van der Waals surface area (Å²) in [5, 5.41) is 3.10. The van der Waals surface area contributed by atoms with Crippen molar-refractivity contribution in [2.75, 3.05) is 18.8 Å². The van der Waals surface area contributed by atoms with Crippen molar-refractivity contribution < 1.29 is 0 Å². The Bertz CT molecular complexity index is 319. The maximum atomic E-state index is 5.42. The summed E-state index contributed by atoms with van der Waals surface area (Å²) in [6.07, 6.45) is 1.63. The van der Waals surface area contributed by atoms with Gasteiger partial charge >= 0.3 is 0 Å². The highest BCUT2D eigenvalue weighted by molar-refractivity contribution is 5.98. The predicted octanol–water partition coefficient (Wildman–Crippen LogP) is -0.591. The molecule has 3 N–H and O–H groups in total. The second kappa shape index (κ2) is 2.77. The Kier molecular flexibility index (Phi) is 1.62. The van der Waals surface area contributed by atoms with Crippen LogP contribution in [0.15, 0.2) is 17.3 Å². The molecule has 0 aliphatic carbocycles. The Balaban J connectivity index is 2.33. The molecule has 5 nitrogen and oxygen atoms in total. The molecule has 5 heteroatoms. The van der Waals surface area contributed by atoms with Crippen molar-refractivity contribution in [3.63, 3.8) is 0 Å². The lowest BCUT2D eigenvalue weighted by atomic mass is 10.4. The molecule has 0 spiro atoms. The van der Waals surface area contributed by atoms with E-state index in [-0.39, 0.29) is 5.95 Å². The molecule has 1 aliphatic rings. The predicted molar refractivity (Wildman–Crippen MR) is 45.9 cm³/mol. The number of nitrogens with one attached hydrogen (secondary N) is 1. The largest absolute Gasteiger partial charge is 0.368 e. The molecule has 0 saturated heterocycles. The minimum absolute atomic E-state index is 0.281. The fraction of sp³-hybridized carbons (Fsp3) is 0.286. The van der Waals surface area contributed by atoms with Gasteiger partial charge in [-0.15, -0.1) is 0 Å². The molecular formula is C7H9N5. The average Bonchev–Trinajstić information content (AvgIpc) is 2.56. The number of rotatable bonds is 1. The van der Waals surface area contributed by atoms with Gasteiger partial charge in [-0.2, -0.15) is 0 Å². The molecule has 0 amide bonds. The Morgan fingerprint density at radius 2 is 2.42 bits per heavy atom. The van der Waals surface area contributed by atoms with Crippen LogP contribution in [0.5, 0.6) is 0 Å². The summed E-state index contributed by atoms with van der Waals surface area (Å²) in [5.74, 6) is 1.09. The van der Waals surface area contributed by atoms with E-state index in [1.54, 1.807) is 12.3 Å². The SMILES string of the molecule is Nc1nccc(C2=NCCN2)n1. The molecule has 62 valence electrons. The fourth-order valence-electron chi connectivity index (χ4n) is 1.08. The molecule has 0 unspecified atom stereocenters. The third kappa shape index (κ3) is 1.20. The summed E-state index contributed by atoms with van der Waals surface area (Å²) >= 11 is 0. The van der Waals surface area contributed by atoms with Gasteiger partial charge in [0.1, 0.15) is 11.5 Å². The molecule has 2 rings (SSSR count). The number of aromatic nitrogens is 2. The molecule has 2 heterocycles. The number of nitrogen functional groups attached to an aromatic ring is 1. The van der Waals surface area contributed by atoms with Gasteiger partial charge in [-0.25, -0.2) is 9.97 Å². The average molecular weight is 163 g/mol. The van der Waals surface area contributed by atoms with Crippen molar-refractivity contribution in [2.45, 2.75) is 0 Å². The first-order chi connectivity index (χ1) is 5.86. The standard InChI is InChI=1S/C7H9N5/c8-7-11-2-1-5(12-7)6-9-3-4-10-6/h1-2H,3-4H2,(H,9,10)(H2,8,11,12). The Morgan fingerprint density at radius 1 is 1.50 bits per heavy atom. The van der Waals surface area contributed by atoms with Crippen molar-refractivity contribution >= 4 is 11.8 Å². The van der Waals surface area contributed by atoms with Crippen LogP contribution in [0.4, 0.5) is 5.95 Å². The van der Waals surface area contributed by atoms with E-state index < -0.39 is 0 Å². The van der Waals surface area contributed by atoms with E-state index >= 15 is 0 Å². The monoisotopic (exact) mass is 163 g/mol. The van der Waals surface area contributed by atoms with Gasteiger partial charge in [0.25, 0.3) is 0 Å². The summed E-state index contributed by atoms with van der Waals surface area (Å²) in [4.78, 5) is 12.0. The van der Waals surface area contributed by atoms with E-state index in [1.807, 2.05) is 0 Å². The normalized spacial score (nSPS) is 15.5. The molecule has 0 fully saturated rings. The van der Waals surface area contributed by atoms with Crippen molar-refractivity contribution in [3.8, 4) is 0 Å². The van der Waals surface area contributed by atoms with Crippen LogP contribution in [0.3, 0.4) is 0 Å². The van der Waals surface area contributed by atoms with Crippen LogP contribution in [-0.4, -0.2) is 28.9 Å². The number of anilines is 1. The quantitative estimate of drug-likeness (QED) is 0.580. The topological polar surface area (TPSA) is 76.2 Å². The number of hydrogen-bond donors (Lipinski definition) is 2. The smallest absolute Gasteiger partial charge is 0.220 e. The molecule has 0 radical (unpaired) electrons. The molecule has 1 aromatic heterocycles. The van der Waals surface area contributed by atoms with E-state index in [1.165, 1.54) is 0 Å². The minimum Gasteiger partial charge on any atom is -0.368 e. The lowest BCUT2D eigenvalue weighted by Gasteiger charge is -2.00. The molecule has 0 aromatic carbocycles. The number of amidine groups is 1. The summed E-state index contributed by atoms with van der Waals surface area (Å²) in [5.41, 5.74) is 6.19. The van der Waals surface area contributed by atoms with Crippen LogP contribution in [0.25, 0.3) is 0 Å². The molecular weight excluding hydrogens is 154 g/mol. The highest BCUT2D eigenvalue weighted by Gasteiger charge is 2.08. The molecule has 0 bridgehead atoms. The van der Waals surface area contributed by atoms with Crippen molar-refractivity contribution in [2.24, 2.45) is 4.99 Å². The van der Waals surface area contributed by atoms with Crippen LogP contribution < -0.4 is 11.1 Å². The maximum Gasteiger partial charge on any atom is 0.220 e. The van der Waals surface area contributed by atoms with Crippen molar-refractivity contribution in [3.05, 3.63) is 18.0 Å². The maximum absolute atomic E-state index is 5.42. The van der Waals surface area contributed by atoms with E-state index in [2.05, 4.69) is 20.3 Å². The van der Waals surface area contributed by atoms with Gasteiger partial charge in [0.05, 0.1) is 6.54 Å². The summed E-state index contributed by atoms with van der Waals surface area (Å²) in [7, 11) is 0. The second-order valence-corrected chi connectivity index (χ2v) is 2.46. The Hall–Kier alpha value is -1.65. The molecule has 12 heavy (non-hydrogen) atoms. The van der Waals surface area contributed by atoms with Gasteiger partial charge in [0.15, 0.2) is 0 Å². The Morgan fingerprint density at radius 3 is 3.08 bits per heavy atom. The van der Waals surface area contributed by atoms with Crippen LogP contribution >= 0.6 is 0 Å². The number of hydrogen-bond acceptors (Lipinski definition) is 5. The highest BCUT2D eigenvalue weighted by Crippen LogP contribution is 1.99. The van der Waals surface area contributed by atoms with Gasteiger partial charge in [0.2, 0.25) is 5.95 Å². The third-order valence-electron chi connectivity index (χ3n) is 1.59. The van der Waals surface area contributed by atoms with Crippen molar-refractivity contribution in [1.82, 2.24) is 15.3 Å². The lowest BCUT2D eigenvalue weighted by Crippen LogP contribution is -2.21. The van der Waals surface area contributed by atoms with Crippen LogP contribution in [-0.2, 0) is 0 Å². The number of nitrogens with zero attached hydrogens (tertiary/aromatic N) is 3. The first-order valence-corrected chi connectivity index (χ1v) is 3.73. The third-order valence-corrected chi connectivity index (χ3v) is 1.59. The van der Waals surface area contributed by atoms with Crippen LogP contribution in [0, 0.1) is 0 Å². The lowest BCUT2D eigenvalue weighted by molar-refractivity contribution is 0.957. The zero-order chi connectivity index (χ0) is 8.39. The zero-order valence-corrected chi connectivity index (χ0v) is 6.49. The zero-order valence-electron chi connectivity index (χ0n) is 6.49. The molecule has 0 saturated carbocycles. The van der Waals surface area contributed by atoms with Crippen molar-refractivity contribution in [1.29, 1.82) is 0 Å². The van der Waals surface area contributed by atoms with Gasteiger partial charge < -0.3 is 11.1 Å². The summed E-state index contributed by atoms with van der Waals surface area (Å²) < 4.78 is 0. The first-order valence-electron chi connectivity index (χ1n) is 3.73. The van der Waals surface area contributed by atoms with E-state index in [4.69, 9.17) is 5.73 Å². The van der Waals surface area contributed by atoms with Crippen LogP contribution in [0.2, 0.25) is 0 Å². The van der Waals surface area contributed by atoms with Gasteiger partial charge in [0, 0.05) is 12.7 Å². The highest BCUT2D eigenvalue weighted by atomic mass is 15.1. The summed E-state index contributed by atoms with van der Waals surface area (Å²) in [6, 6.07) is 1.79. The Labute approximate surface area is 69.7 Å². The molecule has 0 atom stereocenters. The molecule has 1 aromatic rings.